The smallest absolute Gasteiger partial charge is 0.236 e. The van der Waals surface area contributed by atoms with Crippen LogP contribution in [0, 0.1) is 0 Å². The molecule has 1 N–H and O–H groups in total. The molecule has 0 saturated heterocycles. The second-order valence-electron chi connectivity index (χ2n) is 5.50. The van der Waals surface area contributed by atoms with E-state index in [-0.39, 0.29) is 11.7 Å². The third-order valence-electron chi connectivity index (χ3n) is 3.73. The van der Waals surface area contributed by atoms with Crippen LogP contribution in [0.25, 0.3) is 22.1 Å². The highest BCUT2D eigenvalue weighted by Crippen LogP contribution is 2.29. The van der Waals surface area contributed by atoms with Crippen LogP contribution in [0.5, 0.6) is 0 Å². The van der Waals surface area contributed by atoms with Crippen LogP contribution in [0.3, 0.4) is 0 Å². The maximum absolute atomic E-state index is 12.0. The predicted octanol–water partition coefficient (Wildman–Crippen LogP) is 4.12. The number of amides is 1. The molecule has 0 aliphatic heterocycles. The van der Waals surface area contributed by atoms with Gasteiger partial charge in [-0.3, -0.25) is 4.79 Å². The summed E-state index contributed by atoms with van der Waals surface area (Å²) in [5.41, 5.74) is 2.46. The summed E-state index contributed by atoms with van der Waals surface area (Å²) in [6.07, 6.45) is 3.46. The van der Waals surface area contributed by atoms with E-state index in [9.17, 15) is 4.79 Å². The van der Waals surface area contributed by atoms with Crippen molar-refractivity contribution in [3.05, 3.63) is 46.9 Å². The average Bonchev–Trinajstić information content (AvgIpc) is 3.27. The number of aromatic nitrogens is 5. The molecule has 3 heterocycles. The van der Waals surface area contributed by atoms with Gasteiger partial charge < -0.3 is 9.88 Å². The fourth-order valence-corrected chi connectivity index (χ4v) is 4.15. The lowest BCUT2D eigenvalue weighted by atomic mass is 10.2. The Bertz CT molecular complexity index is 1140. The number of benzene rings is 1. The molecular weight excluding hydrogens is 448 g/mol. The highest BCUT2D eigenvalue weighted by atomic mass is 79.9. The Morgan fingerprint density at radius 3 is 3.07 bits per heavy atom. The lowest BCUT2D eigenvalue weighted by molar-refractivity contribution is -0.113. The van der Waals surface area contributed by atoms with Crippen LogP contribution in [-0.2, 0) is 11.3 Å². The Hall–Kier alpha value is -2.30. The zero-order valence-corrected chi connectivity index (χ0v) is 17.1. The van der Waals surface area contributed by atoms with Gasteiger partial charge in [0.1, 0.15) is 5.52 Å². The maximum Gasteiger partial charge on any atom is 0.236 e. The predicted molar refractivity (Wildman–Crippen MR) is 112 cm³/mol. The normalized spacial score (nSPS) is 11.1. The van der Waals surface area contributed by atoms with Crippen molar-refractivity contribution >= 4 is 72.1 Å². The standard InChI is InChI=1S/C17H13BrN6OS2/c1-2-6-24-12-4-3-10(18)8-11(12)14-15(24)21-17(23-22-14)27-9-13(25)20-16-19-5-7-26-16/h2-5,7-8H,1,6,9H2,(H,19,20,25). The topological polar surface area (TPSA) is 85.6 Å². The zero-order valence-electron chi connectivity index (χ0n) is 13.9. The largest absolute Gasteiger partial charge is 0.320 e. The summed E-state index contributed by atoms with van der Waals surface area (Å²) in [6, 6.07) is 6.00. The van der Waals surface area contributed by atoms with E-state index < -0.39 is 0 Å². The van der Waals surface area contributed by atoms with E-state index in [2.05, 4.69) is 48.0 Å². The number of carbonyl (C=O) groups is 1. The third kappa shape index (κ3) is 3.73. The molecule has 7 nitrogen and oxygen atoms in total. The number of fused-ring (bicyclic) bond motifs is 3. The van der Waals surface area contributed by atoms with Gasteiger partial charge in [-0.1, -0.05) is 33.8 Å². The van der Waals surface area contributed by atoms with Gasteiger partial charge in [-0.05, 0) is 18.2 Å². The summed E-state index contributed by atoms with van der Waals surface area (Å²) in [5.74, 6) is 0.0224. The summed E-state index contributed by atoms with van der Waals surface area (Å²) in [7, 11) is 0. The molecule has 136 valence electrons. The molecule has 1 amide bonds. The molecule has 4 rings (SSSR count). The fourth-order valence-electron chi connectivity index (χ4n) is 2.66. The SMILES string of the molecule is C=CCn1c2ccc(Br)cc2c2nnc(SCC(=O)Nc3nccs3)nc21. The fraction of sp³-hybridized carbons (Fsp3) is 0.118. The van der Waals surface area contributed by atoms with Crippen molar-refractivity contribution in [3.8, 4) is 0 Å². The van der Waals surface area contributed by atoms with Gasteiger partial charge in [0, 0.05) is 28.0 Å². The number of nitrogens with zero attached hydrogens (tertiary/aromatic N) is 5. The van der Waals surface area contributed by atoms with Crippen molar-refractivity contribution in [1.82, 2.24) is 24.7 Å². The molecule has 0 spiro atoms. The van der Waals surface area contributed by atoms with Gasteiger partial charge in [-0.2, -0.15) is 0 Å². The van der Waals surface area contributed by atoms with Crippen LogP contribution >= 0.6 is 39.0 Å². The molecule has 1 aromatic carbocycles. The summed E-state index contributed by atoms with van der Waals surface area (Å²) >= 11 is 6.11. The van der Waals surface area contributed by atoms with E-state index in [4.69, 9.17) is 0 Å². The zero-order chi connectivity index (χ0) is 18.8. The average molecular weight is 461 g/mol. The van der Waals surface area contributed by atoms with Crippen LogP contribution in [0.2, 0.25) is 0 Å². The quantitative estimate of drug-likeness (QED) is 0.344. The minimum atomic E-state index is -0.158. The monoisotopic (exact) mass is 460 g/mol. The van der Waals surface area contributed by atoms with Crippen molar-refractivity contribution in [3.63, 3.8) is 0 Å². The maximum atomic E-state index is 12.0. The Morgan fingerprint density at radius 2 is 2.30 bits per heavy atom. The molecule has 0 aliphatic rings. The van der Waals surface area contributed by atoms with Crippen LogP contribution in [0.15, 0.2) is 52.1 Å². The molecule has 10 heteroatoms. The minimum absolute atomic E-state index is 0.158. The van der Waals surface area contributed by atoms with Crippen LogP contribution < -0.4 is 5.32 Å². The summed E-state index contributed by atoms with van der Waals surface area (Å²) in [6.45, 7) is 4.43. The summed E-state index contributed by atoms with van der Waals surface area (Å²) in [4.78, 5) is 20.7. The number of carbonyl (C=O) groups excluding carboxylic acids is 1. The van der Waals surface area contributed by atoms with Crippen molar-refractivity contribution in [2.45, 2.75) is 11.7 Å². The van der Waals surface area contributed by atoms with Crippen molar-refractivity contribution < 1.29 is 4.79 Å². The van der Waals surface area contributed by atoms with Crippen molar-refractivity contribution in [2.75, 3.05) is 11.1 Å². The van der Waals surface area contributed by atoms with Gasteiger partial charge in [0.05, 0.1) is 11.3 Å². The molecule has 4 aromatic rings. The number of thioether (sulfide) groups is 1. The number of rotatable bonds is 6. The van der Waals surface area contributed by atoms with Crippen LogP contribution in [0.1, 0.15) is 0 Å². The van der Waals surface area contributed by atoms with E-state index in [0.717, 1.165) is 26.5 Å². The number of thiazole rings is 1. The van der Waals surface area contributed by atoms with E-state index in [1.165, 1.54) is 23.1 Å². The number of nitrogens with one attached hydrogen (secondary N) is 1. The number of allylic oxidation sites excluding steroid dienone is 1. The molecule has 0 bridgehead atoms. The van der Waals surface area contributed by atoms with Crippen molar-refractivity contribution in [1.29, 1.82) is 0 Å². The molecule has 0 atom stereocenters. The second kappa shape index (κ2) is 7.75. The Balaban J connectivity index is 1.63. The van der Waals surface area contributed by atoms with E-state index in [1.807, 2.05) is 28.8 Å². The number of halogens is 1. The van der Waals surface area contributed by atoms with E-state index in [0.29, 0.717) is 16.8 Å². The first-order chi connectivity index (χ1) is 13.2. The van der Waals surface area contributed by atoms with Crippen LogP contribution in [-0.4, -0.2) is 36.4 Å². The molecule has 0 fully saturated rings. The lowest BCUT2D eigenvalue weighted by Gasteiger charge is -2.03. The molecule has 27 heavy (non-hydrogen) atoms. The third-order valence-corrected chi connectivity index (χ3v) is 5.75. The molecule has 0 aliphatic carbocycles. The Labute approximate surface area is 171 Å². The molecule has 0 radical (unpaired) electrons. The highest BCUT2D eigenvalue weighted by molar-refractivity contribution is 9.10. The summed E-state index contributed by atoms with van der Waals surface area (Å²) < 4.78 is 3.00. The van der Waals surface area contributed by atoms with Gasteiger partial charge in [0.25, 0.3) is 0 Å². The first kappa shape index (κ1) is 18.1. The highest BCUT2D eigenvalue weighted by Gasteiger charge is 2.15. The number of hydrogen-bond donors (Lipinski definition) is 1. The van der Waals surface area contributed by atoms with E-state index in [1.54, 1.807) is 11.6 Å². The number of anilines is 1. The lowest BCUT2D eigenvalue weighted by Crippen LogP contribution is -2.14. The van der Waals surface area contributed by atoms with Gasteiger partial charge >= 0.3 is 0 Å². The molecule has 0 unspecified atom stereocenters. The first-order valence-electron chi connectivity index (χ1n) is 7.91. The molecule has 3 aromatic heterocycles. The van der Waals surface area contributed by atoms with Crippen molar-refractivity contribution in [2.24, 2.45) is 0 Å². The van der Waals surface area contributed by atoms with Crippen LogP contribution in [0.4, 0.5) is 5.13 Å². The van der Waals surface area contributed by atoms with Gasteiger partial charge in [0.15, 0.2) is 10.8 Å². The van der Waals surface area contributed by atoms with E-state index >= 15 is 0 Å². The first-order valence-corrected chi connectivity index (χ1v) is 10.6. The van der Waals surface area contributed by atoms with Gasteiger partial charge in [0.2, 0.25) is 11.1 Å². The molecule has 0 saturated carbocycles. The Kier molecular flexibility index (Phi) is 5.19. The summed E-state index contributed by atoms with van der Waals surface area (Å²) in [5, 5.41) is 15.1. The second-order valence-corrected chi connectivity index (χ2v) is 8.25. The Morgan fingerprint density at radius 1 is 1.41 bits per heavy atom. The van der Waals surface area contributed by atoms with Gasteiger partial charge in [-0.25, -0.2) is 9.97 Å². The van der Waals surface area contributed by atoms with Gasteiger partial charge in [-0.15, -0.1) is 28.1 Å². The minimum Gasteiger partial charge on any atom is -0.320 e. The molecular formula is C17H13BrN6OS2. The number of hydrogen-bond acceptors (Lipinski definition) is 7.